The van der Waals surface area contributed by atoms with E-state index in [2.05, 4.69) is 4.72 Å². The van der Waals surface area contributed by atoms with Gasteiger partial charge in [0.1, 0.15) is 0 Å². The highest BCUT2D eigenvalue weighted by atomic mass is 32.2. The average molecular weight is 342 g/mol. The fraction of sp³-hybridized carbons (Fsp3) is 0.176. The number of imide groups is 1. The van der Waals surface area contributed by atoms with Gasteiger partial charge in [-0.1, -0.05) is 18.2 Å². The van der Waals surface area contributed by atoms with E-state index in [-0.39, 0.29) is 5.25 Å². The molecule has 0 aromatic heterocycles. The molecule has 1 aliphatic carbocycles. The quantitative estimate of drug-likeness (QED) is 0.865. The SMILES string of the molecule is O=C1c2ccccc2C(=O)N1c1cccc(NS(=O)(=O)C2CC2)c1. The zero-order valence-corrected chi connectivity index (χ0v) is 13.4. The zero-order valence-electron chi connectivity index (χ0n) is 12.6. The number of hydrogen-bond acceptors (Lipinski definition) is 4. The van der Waals surface area contributed by atoms with Crippen LogP contribution in [0, 0.1) is 0 Å². The summed E-state index contributed by atoms with van der Waals surface area (Å²) in [7, 11) is -3.40. The van der Waals surface area contributed by atoms with Crippen LogP contribution in [0.4, 0.5) is 11.4 Å². The molecule has 24 heavy (non-hydrogen) atoms. The van der Waals surface area contributed by atoms with E-state index in [1.807, 2.05) is 0 Å². The Kier molecular flexibility index (Phi) is 3.21. The molecule has 0 spiro atoms. The number of sulfonamides is 1. The van der Waals surface area contributed by atoms with Crippen molar-refractivity contribution in [2.24, 2.45) is 0 Å². The molecule has 0 unspecified atom stereocenters. The van der Waals surface area contributed by atoms with E-state index in [1.54, 1.807) is 42.5 Å². The molecule has 2 amide bonds. The van der Waals surface area contributed by atoms with Gasteiger partial charge < -0.3 is 0 Å². The molecular weight excluding hydrogens is 328 g/mol. The van der Waals surface area contributed by atoms with E-state index in [9.17, 15) is 18.0 Å². The third-order valence-electron chi connectivity index (χ3n) is 4.12. The van der Waals surface area contributed by atoms with Crippen molar-refractivity contribution < 1.29 is 18.0 Å². The van der Waals surface area contributed by atoms with E-state index < -0.39 is 21.8 Å². The number of carbonyl (C=O) groups excluding carboxylic acids is 2. The normalized spacial score (nSPS) is 17.1. The van der Waals surface area contributed by atoms with Crippen LogP contribution in [0.5, 0.6) is 0 Å². The molecule has 1 saturated carbocycles. The van der Waals surface area contributed by atoms with E-state index in [4.69, 9.17) is 0 Å². The highest BCUT2D eigenvalue weighted by molar-refractivity contribution is 7.93. The number of nitrogens with zero attached hydrogens (tertiary/aromatic N) is 1. The Morgan fingerprint density at radius 3 is 2.12 bits per heavy atom. The summed E-state index contributed by atoms with van der Waals surface area (Å²) in [4.78, 5) is 26.0. The van der Waals surface area contributed by atoms with E-state index in [1.165, 1.54) is 6.07 Å². The van der Waals surface area contributed by atoms with Crippen LogP contribution in [0.2, 0.25) is 0 Å². The lowest BCUT2D eigenvalue weighted by atomic mass is 10.1. The maximum Gasteiger partial charge on any atom is 0.266 e. The van der Waals surface area contributed by atoms with E-state index >= 15 is 0 Å². The van der Waals surface area contributed by atoms with Crippen molar-refractivity contribution in [1.29, 1.82) is 0 Å². The molecular formula is C17H14N2O4S. The second kappa shape index (κ2) is 5.17. The van der Waals surface area contributed by atoms with Crippen molar-refractivity contribution in [3.05, 3.63) is 59.7 Å². The third kappa shape index (κ3) is 2.37. The third-order valence-corrected chi connectivity index (χ3v) is 5.99. The second-order valence-corrected chi connectivity index (χ2v) is 7.85. The average Bonchev–Trinajstić information content (AvgIpc) is 3.37. The molecule has 4 rings (SSSR count). The van der Waals surface area contributed by atoms with Crippen LogP contribution in [0.15, 0.2) is 48.5 Å². The predicted octanol–water partition coefficient (Wildman–Crippen LogP) is 2.39. The number of amides is 2. The number of benzene rings is 2. The van der Waals surface area contributed by atoms with Gasteiger partial charge in [-0.25, -0.2) is 13.3 Å². The van der Waals surface area contributed by atoms with Gasteiger partial charge in [-0.15, -0.1) is 0 Å². The van der Waals surface area contributed by atoms with Crippen molar-refractivity contribution in [3.63, 3.8) is 0 Å². The Morgan fingerprint density at radius 1 is 0.917 bits per heavy atom. The summed E-state index contributed by atoms with van der Waals surface area (Å²) < 4.78 is 26.6. The van der Waals surface area contributed by atoms with Gasteiger partial charge in [0.25, 0.3) is 11.8 Å². The minimum Gasteiger partial charge on any atom is -0.283 e. The lowest BCUT2D eigenvalue weighted by Crippen LogP contribution is -2.29. The predicted molar refractivity (Wildman–Crippen MR) is 89.6 cm³/mol. The summed E-state index contributed by atoms with van der Waals surface area (Å²) >= 11 is 0. The molecule has 6 nitrogen and oxygen atoms in total. The summed E-state index contributed by atoms with van der Waals surface area (Å²) in [6.07, 6.45) is 1.32. The monoisotopic (exact) mass is 342 g/mol. The van der Waals surface area contributed by atoms with Crippen molar-refractivity contribution in [3.8, 4) is 0 Å². The maximum absolute atomic E-state index is 12.5. The minimum atomic E-state index is -3.40. The van der Waals surface area contributed by atoms with Crippen molar-refractivity contribution >= 4 is 33.2 Å². The maximum atomic E-state index is 12.5. The van der Waals surface area contributed by atoms with Gasteiger partial charge in [0.2, 0.25) is 10.0 Å². The standard InChI is InChI=1S/C17H14N2O4S/c20-16-14-6-1-2-7-15(14)17(21)19(16)12-5-3-4-11(10-12)18-24(22,23)13-8-9-13/h1-7,10,13,18H,8-9H2. The largest absolute Gasteiger partial charge is 0.283 e. The van der Waals surface area contributed by atoms with Gasteiger partial charge in [0, 0.05) is 0 Å². The number of carbonyl (C=O) groups is 2. The summed E-state index contributed by atoms with van der Waals surface area (Å²) in [5, 5.41) is -0.347. The first-order chi connectivity index (χ1) is 11.5. The van der Waals surface area contributed by atoms with Gasteiger partial charge >= 0.3 is 0 Å². The van der Waals surface area contributed by atoms with E-state index in [0.29, 0.717) is 35.3 Å². The summed E-state index contributed by atoms with van der Waals surface area (Å²) in [5.41, 5.74) is 1.39. The molecule has 1 heterocycles. The molecule has 1 fully saturated rings. The molecule has 0 radical (unpaired) electrons. The van der Waals surface area contributed by atoms with Crippen molar-refractivity contribution in [1.82, 2.24) is 0 Å². The van der Waals surface area contributed by atoms with Crippen LogP contribution in [0.25, 0.3) is 0 Å². The molecule has 0 bridgehead atoms. The summed E-state index contributed by atoms with van der Waals surface area (Å²) in [6.45, 7) is 0. The highest BCUT2D eigenvalue weighted by Gasteiger charge is 2.37. The van der Waals surface area contributed by atoms with Crippen LogP contribution >= 0.6 is 0 Å². The van der Waals surface area contributed by atoms with Crippen LogP contribution in [-0.2, 0) is 10.0 Å². The summed E-state index contributed by atoms with van der Waals surface area (Å²) in [5.74, 6) is -0.810. The zero-order chi connectivity index (χ0) is 16.9. The van der Waals surface area contributed by atoms with Gasteiger partial charge in [-0.05, 0) is 43.2 Å². The van der Waals surface area contributed by atoms with Gasteiger partial charge in [-0.3, -0.25) is 14.3 Å². The molecule has 122 valence electrons. The van der Waals surface area contributed by atoms with Crippen molar-refractivity contribution in [2.75, 3.05) is 9.62 Å². The van der Waals surface area contributed by atoms with Gasteiger partial charge in [-0.2, -0.15) is 0 Å². The molecule has 1 N–H and O–H groups in total. The second-order valence-electron chi connectivity index (χ2n) is 5.89. The Morgan fingerprint density at radius 2 is 1.54 bits per heavy atom. The first-order valence-electron chi connectivity index (χ1n) is 7.57. The highest BCUT2D eigenvalue weighted by Crippen LogP contribution is 2.32. The molecule has 2 aliphatic rings. The smallest absolute Gasteiger partial charge is 0.266 e. The number of rotatable bonds is 4. The minimum absolute atomic E-state index is 0.343. The fourth-order valence-electron chi connectivity index (χ4n) is 2.76. The van der Waals surface area contributed by atoms with Gasteiger partial charge in [0.15, 0.2) is 0 Å². The molecule has 0 saturated heterocycles. The number of hydrogen-bond donors (Lipinski definition) is 1. The molecule has 2 aromatic carbocycles. The first kappa shape index (κ1) is 14.9. The van der Waals surface area contributed by atoms with Crippen LogP contribution in [0.1, 0.15) is 33.6 Å². The van der Waals surface area contributed by atoms with Crippen molar-refractivity contribution in [2.45, 2.75) is 18.1 Å². The topological polar surface area (TPSA) is 83.6 Å². The Labute approximate surface area is 139 Å². The van der Waals surface area contributed by atoms with Crippen LogP contribution < -0.4 is 9.62 Å². The molecule has 1 aliphatic heterocycles. The number of fused-ring (bicyclic) bond motifs is 1. The Hall–Kier alpha value is -2.67. The number of anilines is 2. The lowest BCUT2D eigenvalue weighted by Gasteiger charge is -2.15. The summed E-state index contributed by atoms with van der Waals surface area (Å²) in [6, 6.07) is 12.9. The Balaban J connectivity index is 1.67. The molecule has 7 heteroatoms. The fourth-order valence-corrected chi connectivity index (χ4v) is 4.14. The lowest BCUT2D eigenvalue weighted by molar-refractivity contribution is 0.0926. The van der Waals surface area contributed by atoms with Gasteiger partial charge in [0.05, 0.1) is 27.8 Å². The van der Waals surface area contributed by atoms with Crippen LogP contribution in [-0.4, -0.2) is 25.5 Å². The van der Waals surface area contributed by atoms with E-state index in [0.717, 1.165) is 4.90 Å². The number of nitrogens with one attached hydrogen (secondary N) is 1. The first-order valence-corrected chi connectivity index (χ1v) is 9.11. The molecule has 0 atom stereocenters. The molecule has 2 aromatic rings. The Bertz CT molecular complexity index is 929. The van der Waals surface area contributed by atoms with Crippen LogP contribution in [0.3, 0.4) is 0 Å².